The molecule has 0 heterocycles. The van der Waals surface area contributed by atoms with Gasteiger partial charge in [0.2, 0.25) is 12.3 Å². The van der Waals surface area contributed by atoms with Crippen LogP contribution in [0.2, 0.25) is 0 Å². The number of ether oxygens (including phenoxy) is 1. The standard InChI is InChI=1S/C9H17NO3/c1-3-4-5-9(12)10(8-11)6-7-13-2/h8H,3-7H2,1-2H3. The van der Waals surface area contributed by atoms with Gasteiger partial charge in [0.05, 0.1) is 13.2 Å². The first-order valence-corrected chi connectivity index (χ1v) is 4.50. The minimum absolute atomic E-state index is 0.117. The van der Waals surface area contributed by atoms with Gasteiger partial charge in [-0.15, -0.1) is 0 Å². The molecular formula is C9H17NO3. The van der Waals surface area contributed by atoms with E-state index in [0.717, 1.165) is 12.8 Å². The van der Waals surface area contributed by atoms with Crippen LogP contribution in [0.3, 0.4) is 0 Å². The molecule has 0 aromatic rings. The lowest BCUT2D eigenvalue weighted by molar-refractivity contribution is -0.138. The Balaban J connectivity index is 3.77. The van der Waals surface area contributed by atoms with E-state index in [2.05, 4.69) is 0 Å². The summed E-state index contributed by atoms with van der Waals surface area (Å²) in [4.78, 5) is 22.9. The van der Waals surface area contributed by atoms with Crippen molar-refractivity contribution in [1.82, 2.24) is 4.90 Å². The molecule has 0 aliphatic carbocycles. The van der Waals surface area contributed by atoms with Gasteiger partial charge in [0.25, 0.3) is 0 Å². The summed E-state index contributed by atoms with van der Waals surface area (Å²) in [7, 11) is 1.54. The molecule has 0 saturated carbocycles. The van der Waals surface area contributed by atoms with Crippen LogP contribution in [0.25, 0.3) is 0 Å². The van der Waals surface area contributed by atoms with E-state index in [1.807, 2.05) is 6.92 Å². The van der Waals surface area contributed by atoms with Gasteiger partial charge < -0.3 is 4.74 Å². The van der Waals surface area contributed by atoms with Crippen molar-refractivity contribution < 1.29 is 14.3 Å². The van der Waals surface area contributed by atoms with E-state index in [9.17, 15) is 9.59 Å². The Morgan fingerprint density at radius 2 is 2.23 bits per heavy atom. The molecule has 0 aromatic carbocycles. The quantitative estimate of drug-likeness (QED) is 0.554. The van der Waals surface area contributed by atoms with Crippen molar-refractivity contribution in [1.29, 1.82) is 0 Å². The van der Waals surface area contributed by atoms with Gasteiger partial charge in [-0.05, 0) is 6.42 Å². The number of unbranched alkanes of at least 4 members (excludes halogenated alkanes) is 1. The Kier molecular flexibility index (Phi) is 7.20. The molecule has 0 bridgehead atoms. The fourth-order valence-corrected chi connectivity index (χ4v) is 0.897. The van der Waals surface area contributed by atoms with Gasteiger partial charge in [-0.2, -0.15) is 0 Å². The molecule has 0 rings (SSSR count). The number of hydrogen-bond donors (Lipinski definition) is 0. The van der Waals surface area contributed by atoms with Gasteiger partial charge in [-0.3, -0.25) is 14.5 Å². The van der Waals surface area contributed by atoms with Crippen LogP contribution in [0.5, 0.6) is 0 Å². The zero-order chi connectivity index (χ0) is 10.1. The van der Waals surface area contributed by atoms with E-state index in [0.29, 0.717) is 26.0 Å². The van der Waals surface area contributed by atoms with Crippen LogP contribution in [0.1, 0.15) is 26.2 Å². The van der Waals surface area contributed by atoms with Gasteiger partial charge in [0.1, 0.15) is 0 Å². The molecule has 2 amide bonds. The summed E-state index contributed by atoms with van der Waals surface area (Å²) in [5, 5.41) is 0. The van der Waals surface area contributed by atoms with Crippen molar-refractivity contribution in [2.45, 2.75) is 26.2 Å². The first-order chi connectivity index (χ1) is 6.26. The molecular weight excluding hydrogens is 170 g/mol. The minimum Gasteiger partial charge on any atom is -0.383 e. The van der Waals surface area contributed by atoms with Crippen molar-refractivity contribution in [2.75, 3.05) is 20.3 Å². The maximum Gasteiger partial charge on any atom is 0.229 e. The van der Waals surface area contributed by atoms with Crippen molar-refractivity contribution in [3.05, 3.63) is 0 Å². The van der Waals surface area contributed by atoms with Crippen LogP contribution in [0.15, 0.2) is 0 Å². The second kappa shape index (κ2) is 7.73. The Labute approximate surface area is 78.9 Å². The van der Waals surface area contributed by atoms with Gasteiger partial charge in [0, 0.05) is 13.5 Å². The van der Waals surface area contributed by atoms with E-state index in [4.69, 9.17) is 4.74 Å². The molecule has 0 radical (unpaired) electrons. The van der Waals surface area contributed by atoms with E-state index in [1.165, 1.54) is 4.90 Å². The molecule has 0 aliphatic rings. The topological polar surface area (TPSA) is 46.6 Å². The lowest BCUT2D eigenvalue weighted by atomic mass is 10.2. The molecule has 0 N–H and O–H groups in total. The van der Waals surface area contributed by atoms with Crippen LogP contribution in [-0.2, 0) is 14.3 Å². The second-order valence-corrected chi connectivity index (χ2v) is 2.79. The van der Waals surface area contributed by atoms with Crippen LogP contribution in [-0.4, -0.2) is 37.5 Å². The number of methoxy groups -OCH3 is 1. The molecule has 0 fully saturated rings. The van der Waals surface area contributed by atoms with Crippen molar-refractivity contribution in [3.63, 3.8) is 0 Å². The summed E-state index contributed by atoms with van der Waals surface area (Å²) < 4.78 is 4.78. The predicted molar refractivity (Wildman–Crippen MR) is 49.2 cm³/mol. The van der Waals surface area contributed by atoms with Crippen molar-refractivity contribution in [3.8, 4) is 0 Å². The molecule has 0 spiro atoms. The summed E-state index contributed by atoms with van der Waals surface area (Å²) in [5.41, 5.74) is 0. The Bertz CT molecular complexity index is 159. The summed E-state index contributed by atoms with van der Waals surface area (Å²) >= 11 is 0. The third-order valence-corrected chi connectivity index (χ3v) is 1.73. The highest BCUT2D eigenvalue weighted by atomic mass is 16.5. The summed E-state index contributed by atoms with van der Waals surface area (Å²) in [5.74, 6) is -0.117. The van der Waals surface area contributed by atoms with Gasteiger partial charge in [-0.25, -0.2) is 0 Å². The highest BCUT2D eigenvalue weighted by Crippen LogP contribution is 1.98. The van der Waals surface area contributed by atoms with E-state index in [1.54, 1.807) is 7.11 Å². The Morgan fingerprint density at radius 3 is 2.69 bits per heavy atom. The fraction of sp³-hybridized carbons (Fsp3) is 0.778. The van der Waals surface area contributed by atoms with Crippen molar-refractivity contribution >= 4 is 12.3 Å². The van der Waals surface area contributed by atoms with Gasteiger partial charge in [-0.1, -0.05) is 13.3 Å². The maximum absolute atomic E-state index is 11.3. The van der Waals surface area contributed by atoms with Gasteiger partial charge in [0.15, 0.2) is 0 Å². The number of carbonyl (C=O) groups is 2. The van der Waals surface area contributed by atoms with E-state index < -0.39 is 0 Å². The number of imide groups is 1. The van der Waals surface area contributed by atoms with Crippen LogP contribution < -0.4 is 0 Å². The number of hydrogen-bond acceptors (Lipinski definition) is 3. The van der Waals surface area contributed by atoms with Crippen molar-refractivity contribution in [2.24, 2.45) is 0 Å². The highest BCUT2D eigenvalue weighted by molar-refractivity contribution is 5.85. The monoisotopic (exact) mass is 187 g/mol. The Morgan fingerprint density at radius 1 is 1.54 bits per heavy atom. The third-order valence-electron chi connectivity index (χ3n) is 1.73. The van der Waals surface area contributed by atoms with Crippen LogP contribution in [0, 0.1) is 0 Å². The first kappa shape index (κ1) is 12.1. The smallest absolute Gasteiger partial charge is 0.229 e. The van der Waals surface area contributed by atoms with E-state index >= 15 is 0 Å². The molecule has 13 heavy (non-hydrogen) atoms. The fourth-order valence-electron chi connectivity index (χ4n) is 0.897. The third kappa shape index (κ3) is 5.36. The van der Waals surface area contributed by atoms with Crippen LogP contribution >= 0.6 is 0 Å². The molecule has 4 nitrogen and oxygen atoms in total. The summed E-state index contributed by atoms with van der Waals surface area (Å²) in [6.07, 6.45) is 2.80. The van der Waals surface area contributed by atoms with Crippen LogP contribution in [0.4, 0.5) is 0 Å². The maximum atomic E-state index is 11.3. The molecule has 0 unspecified atom stereocenters. The average molecular weight is 187 g/mol. The van der Waals surface area contributed by atoms with E-state index in [-0.39, 0.29) is 5.91 Å². The highest BCUT2D eigenvalue weighted by Gasteiger charge is 2.10. The minimum atomic E-state index is -0.117. The summed E-state index contributed by atoms with van der Waals surface area (Å²) in [6, 6.07) is 0. The molecule has 0 aliphatic heterocycles. The molecule has 0 aromatic heterocycles. The number of amides is 2. The average Bonchev–Trinajstić information content (AvgIpc) is 2.16. The zero-order valence-corrected chi connectivity index (χ0v) is 8.28. The number of nitrogens with zero attached hydrogens (tertiary/aromatic N) is 1. The molecule has 76 valence electrons. The predicted octanol–water partition coefficient (Wildman–Crippen LogP) is 0.808. The lowest BCUT2D eigenvalue weighted by Crippen LogP contribution is -2.32. The largest absolute Gasteiger partial charge is 0.383 e. The zero-order valence-electron chi connectivity index (χ0n) is 8.28. The second-order valence-electron chi connectivity index (χ2n) is 2.79. The van der Waals surface area contributed by atoms with Gasteiger partial charge >= 0.3 is 0 Å². The number of carbonyl (C=O) groups excluding carboxylic acids is 2. The lowest BCUT2D eigenvalue weighted by Gasteiger charge is -2.14. The normalized spacial score (nSPS) is 9.69. The molecule has 4 heteroatoms. The SMILES string of the molecule is CCCCC(=O)N(C=O)CCOC. The first-order valence-electron chi connectivity index (χ1n) is 4.50. The summed E-state index contributed by atoms with van der Waals surface area (Å²) in [6.45, 7) is 2.76. The molecule has 0 atom stereocenters. The number of rotatable bonds is 7. The molecule has 0 saturated heterocycles. The Hall–Kier alpha value is -0.900.